The van der Waals surface area contributed by atoms with Crippen LogP contribution in [0.4, 0.5) is 13.2 Å². The normalized spacial score (nSPS) is 17.5. The number of aromatic carboxylic acids is 1. The minimum Gasteiger partial charge on any atom is -0.478 e. The summed E-state index contributed by atoms with van der Waals surface area (Å²) < 4.78 is 52.9. The number of imidazole rings is 1. The first-order valence-corrected chi connectivity index (χ1v) is 14.2. The Balaban J connectivity index is 1.14. The lowest BCUT2D eigenvalue weighted by Gasteiger charge is -2.29. The third-order valence-electron chi connectivity index (χ3n) is 7.64. The second-order valence-electron chi connectivity index (χ2n) is 10.6. The summed E-state index contributed by atoms with van der Waals surface area (Å²) in [5, 5.41) is 9.47. The van der Waals surface area contributed by atoms with Crippen molar-refractivity contribution in [1.82, 2.24) is 19.4 Å². The maximum Gasteiger partial charge on any atom is 0.416 e. The number of ether oxygens (including phenoxy) is 2. The molecule has 4 aromatic rings. The van der Waals surface area contributed by atoms with Crippen LogP contribution in [0.3, 0.4) is 0 Å². The number of rotatable bonds is 9. The number of carbonyl (C=O) groups is 1. The fourth-order valence-corrected chi connectivity index (χ4v) is 5.54. The summed E-state index contributed by atoms with van der Waals surface area (Å²) >= 11 is 5.89. The molecular weight excluding hydrogens is 585 g/mol. The van der Waals surface area contributed by atoms with Gasteiger partial charge in [0, 0.05) is 30.8 Å². The number of halogens is 4. The van der Waals surface area contributed by atoms with Gasteiger partial charge in [-0.25, -0.2) is 14.8 Å². The monoisotopic (exact) mass is 612 g/mol. The van der Waals surface area contributed by atoms with Crippen LogP contribution in [-0.4, -0.2) is 56.3 Å². The van der Waals surface area contributed by atoms with Gasteiger partial charge < -0.3 is 19.1 Å². The zero-order valence-corrected chi connectivity index (χ0v) is 23.7. The van der Waals surface area contributed by atoms with E-state index in [-0.39, 0.29) is 23.3 Å². The summed E-state index contributed by atoms with van der Waals surface area (Å²) in [5.74, 6) is 0.183. The zero-order valence-electron chi connectivity index (χ0n) is 23.0. The van der Waals surface area contributed by atoms with Crippen LogP contribution in [0, 0.1) is 0 Å². The molecule has 0 unspecified atom stereocenters. The number of benzene rings is 2. The van der Waals surface area contributed by atoms with Crippen molar-refractivity contribution >= 4 is 34.2 Å². The number of alkyl halides is 3. The number of nitrogens with zero attached hydrogens (tertiary/aromatic N) is 4. The fraction of sp³-hybridized carbons (Fsp3) is 0.323. The summed E-state index contributed by atoms with van der Waals surface area (Å²) in [6.45, 7) is 3.25. The van der Waals surface area contributed by atoms with Crippen LogP contribution in [0.1, 0.15) is 45.8 Å². The Morgan fingerprint density at radius 3 is 2.67 bits per heavy atom. The molecule has 2 aromatic carbocycles. The first-order chi connectivity index (χ1) is 20.6. The van der Waals surface area contributed by atoms with Crippen molar-refractivity contribution in [2.75, 3.05) is 19.7 Å². The Morgan fingerprint density at radius 2 is 1.98 bits per heavy atom. The average molecular weight is 613 g/mol. The predicted octanol–water partition coefficient (Wildman–Crippen LogP) is 6.46. The van der Waals surface area contributed by atoms with E-state index in [0.717, 1.165) is 66.3 Å². The van der Waals surface area contributed by atoms with E-state index in [1.165, 1.54) is 6.07 Å². The average Bonchev–Trinajstić information content (AvgIpc) is 3.29. The lowest BCUT2D eigenvalue weighted by Crippen LogP contribution is -2.33. The van der Waals surface area contributed by atoms with E-state index in [1.807, 2.05) is 6.07 Å². The quantitative estimate of drug-likeness (QED) is 0.232. The SMILES string of the molecule is O=C(O)c1ccc2nc(CN3CC=C(c4cccc(OCc5cc(Cl)cc(C(F)(F)F)c5)n4)CC3)n(C[C@@H]3CCO3)c2c1. The molecule has 8 nitrogen and oxygen atoms in total. The van der Waals surface area contributed by atoms with E-state index in [0.29, 0.717) is 31.1 Å². The van der Waals surface area contributed by atoms with Crippen LogP contribution in [0.5, 0.6) is 5.88 Å². The molecule has 0 bridgehead atoms. The van der Waals surface area contributed by atoms with Gasteiger partial charge in [0.25, 0.3) is 0 Å². The molecule has 2 aliphatic heterocycles. The van der Waals surface area contributed by atoms with Crippen molar-refractivity contribution in [3.05, 3.63) is 93.9 Å². The first kappa shape index (κ1) is 29.2. The van der Waals surface area contributed by atoms with Crippen molar-refractivity contribution in [3.8, 4) is 5.88 Å². The molecule has 0 aliphatic carbocycles. The fourth-order valence-electron chi connectivity index (χ4n) is 5.28. The van der Waals surface area contributed by atoms with Crippen LogP contribution >= 0.6 is 11.6 Å². The Bertz CT molecular complexity index is 1700. The van der Waals surface area contributed by atoms with Crippen molar-refractivity contribution in [2.24, 2.45) is 0 Å². The molecular formula is C31H28ClF3N4O4. The zero-order chi connectivity index (χ0) is 30.1. The Kier molecular flexibility index (Phi) is 8.13. The molecule has 0 amide bonds. The van der Waals surface area contributed by atoms with Crippen molar-refractivity contribution in [1.29, 1.82) is 0 Å². The molecule has 0 radical (unpaired) electrons. The molecule has 2 aliphatic rings. The smallest absolute Gasteiger partial charge is 0.416 e. The highest BCUT2D eigenvalue weighted by molar-refractivity contribution is 6.30. The number of carboxylic acids is 1. The number of fused-ring (bicyclic) bond motifs is 1. The second-order valence-corrected chi connectivity index (χ2v) is 11.1. The lowest BCUT2D eigenvalue weighted by atomic mass is 10.0. The van der Waals surface area contributed by atoms with Crippen LogP contribution < -0.4 is 4.74 Å². The largest absolute Gasteiger partial charge is 0.478 e. The highest BCUT2D eigenvalue weighted by atomic mass is 35.5. The van der Waals surface area contributed by atoms with Gasteiger partial charge in [-0.3, -0.25) is 4.90 Å². The van der Waals surface area contributed by atoms with Gasteiger partial charge in [0.15, 0.2) is 0 Å². The maximum atomic E-state index is 13.1. The molecule has 1 fully saturated rings. The molecule has 0 spiro atoms. The maximum absolute atomic E-state index is 13.1. The van der Waals surface area contributed by atoms with Crippen LogP contribution in [0.2, 0.25) is 5.02 Å². The molecule has 1 atom stereocenters. The van der Waals surface area contributed by atoms with Crippen LogP contribution in [0.15, 0.2) is 60.7 Å². The van der Waals surface area contributed by atoms with E-state index >= 15 is 0 Å². The molecule has 4 heterocycles. The van der Waals surface area contributed by atoms with Gasteiger partial charge in [0.1, 0.15) is 12.4 Å². The first-order valence-electron chi connectivity index (χ1n) is 13.8. The molecule has 1 N–H and O–H groups in total. The van der Waals surface area contributed by atoms with E-state index in [9.17, 15) is 23.1 Å². The van der Waals surface area contributed by atoms with Gasteiger partial charge in [-0.2, -0.15) is 13.2 Å². The second kappa shape index (κ2) is 12.0. The number of hydrogen-bond acceptors (Lipinski definition) is 6. The van der Waals surface area contributed by atoms with E-state index in [4.69, 9.17) is 26.1 Å². The third kappa shape index (κ3) is 6.69. The molecule has 2 aromatic heterocycles. The molecule has 224 valence electrons. The molecule has 6 rings (SSSR count). The van der Waals surface area contributed by atoms with Gasteiger partial charge in [0.05, 0.1) is 47.0 Å². The summed E-state index contributed by atoms with van der Waals surface area (Å²) in [5.41, 5.74) is 3.02. The Morgan fingerprint density at radius 1 is 1.14 bits per heavy atom. The predicted molar refractivity (Wildman–Crippen MR) is 154 cm³/mol. The summed E-state index contributed by atoms with van der Waals surface area (Å²) in [7, 11) is 0. The van der Waals surface area contributed by atoms with E-state index in [2.05, 4.69) is 20.5 Å². The number of pyridine rings is 1. The summed E-state index contributed by atoms with van der Waals surface area (Å²) in [4.78, 5) is 23.3. The Hall–Kier alpha value is -3.93. The summed E-state index contributed by atoms with van der Waals surface area (Å²) in [6.07, 6.45) is -0.622. The van der Waals surface area contributed by atoms with Gasteiger partial charge in [-0.05, 0) is 66.4 Å². The van der Waals surface area contributed by atoms with E-state index < -0.39 is 17.7 Å². The van der Waals surface area contributed by atoms with Gasteiger partial charge >= 0.3 is 12.1 Å². The topological polar surface area (TPSA) is 89.7 Å². The minimum atomic E-state index is -4.50. The highest BCUT2D eigenvalue weighted by Gasteiger charge is 2.31. The summed E-state index contributed by atoms with van der Waals surface area (Å²) in [6, 6.07) is 13.7. The molecule has 12 heteroatoms. The minimum absolute atomic E-state index is 0.0102. The molecule has 43 heavy (non-hydrogen) atoms. The van der Waals surface area contributed by atoms with Crippen molar-refractivity contribution < 1.29 is 32.5 Å². The lowest BCUT2D eigenvalue weighted by molar-refractivity contribution is -0.137. The van der Waals surface area contributed by atoms with Gasteiger partial charge in [-0.1, -0.05) is 23.7 Å². The van der Waals surface area contributed by atoms with E-state index in [1.54, 1.807) is 30.3 Å². The van der Waals surface area contributed by atoms with Gasteiger partial charge in [0.2, 0.25) is 5.88 Å². The number of aromatic nitrogens is 3. The van der Waals surface area contributed by atoms with Crippen molar-refractivity contribution in [2.45, 2.75) is 44.8 Å². The van der Waals surface area contributed by atoms with Crippen molar-refractivity contribution in [3.63, 3.8) is 0 Å². The highest BCUT2D eigenvalue weighted by Crippen LogP contribution is 2.32. The number of carboxylic acid groups (broad SMARTS) is 1. The molecule has 0 saturated carbocycles. The van der Waals surface area contributed by atoms with Crippen LogP contribution in [-0.2, 0) is 30.6 Å². The van der Waals surface area contributed by atoms with Gasteiger partial charge in [-0.15, -0.1) is 0 Å². The molecule has 1 saturated heterocycles. The standard InChI is InChI=1S/C31H28ClF3N4O4/c32-23-13-19(12-22(15-23)31(33,34)35)18-43-29-3-1-2-25(37-29)20-6-9-38(10-7-20)17-28-36-26-5-4-21(30(40)41)14-27(26)39(28)16-24-8-11-42-24/h1-6,12-15,24H,7-11,16-18H2,(H,40,41)/t24-/m0/s1. The Labute approximate surface area is 250 Å². The number of hydrogen-bond donors (Lipinski definition) is 1. The van der Waals surface area contributed by atoms with Crippen LogP contribution in [0.25, 0.3) is 16.6 Å². The third-order valence-corrected chi connectivity index (χ3v) is 7.85.